The van der Waals surface area contributed by atoms with E-state index in [1.54, 1.807) is 43.6 Å². The van der Waals surface area contributed by atoms with Crippen LogP contribution in [0.25, 0.3) is 0 Å². The normalized spacial score (nSPS) is 31.8. The summed E-state index contributed by atoms with van der Waals surface area (Å²) in [6.07, 6.45) is 10.2. The van der Waals surface area contributed by atoms with Crippen molar-refractivity contribution in [2.24, 2.45) is 28.6 Å². The van der Waals surface area contributed by atoms with Crippen LogP contribution in [0.2, 0.25) is 36.3 Å². The number of fused-ring (bicyclic) bond motifs is 5. The van der Waals surface area contributed by atoms with E-state index in [1.165, 1.54) is 31.3 Å². The molecule has 0 bridgehead atoms. The van der Waals surface area contributed by atoms with Crippen molar-refractivity contribution in [3.63, 3.8) is 0 Å². The minimum Gasteiger partial charge on any atom is -0.414 e. The van der Waals surface area contributed by atoms with Crippen molar-refractivity contribution < 1.29 is 27.9 Å². The highest BCUT2D eigenvalue weighted by atomic mass is 28.4. The van der Waals surface area contributed by atoms with Gasteiger partial charge in [-0.2, -0.15) is 0 Å². The fraction of sp³-hybridized carbons (Fsp3) is 0.860. The zero-order valence-corrected chi connectivity index (χ0v) is 38.9. The van der Waals surface area contributed by atoms with Crippen molar-refractivity contribution in [2.75, 3.05) is 41.4 Å². The van der Waals surface area contributed by atoms with E-state index in [1.807, 2.05) is 0 Å². The number of allylic oxidation sites excluding steroid dienone is 3. The van der Waals surface area contributed by atoms with Crippen LogP contribution < -0.4 is 0 Å². The first-order chi connectivity index (χ1) is 24.2. The second kappa shape index (κ2) is 15.9. The van der Waals surface area contributed by atoms with Crippen LogP contribution in [-0.4, -0.2) is 104 Å². The Morgan fingerprint density at radius 3 is 1.77 bits per heavy atom. The summed E-state index contributed by atoms with van der Waals surface area (Å²) in [4.78, 5) is 31.0. The second-order valence-electron chi connectivity index (χ2n) is 20.9. The van der Waals surface area contributed by atoms with Gasteiger partial charge in [0.2, 0.25) is 0 Å². The van der Waals surface area contributed by atoms with Gasteiger partial charge in [-0.3, -0.25) is 9.59 Å². The molecule has 2 amide bonds. The van der Waals surface area contributed by atoms with Crippen LogP contribution in [-0.2, 0) is 27.9 Å². The predicted octanol–water partition coefficient (Wildman–Crippen LogP) is 9.23. The summed E-state index contributed by atoms with van der Waals surface area (Å²) in [5.74, 6) is 1.51. The predicted molar refractivity (Wildman–Crippen MR) is 222 cm³/mol. The fourth-order valence-electron chi connectivity index (χ4n) is 9.43. The van der Waals surface area contributed by atoms with E-state index in [4.69, 9.17) is 18.3 Å². The Morgan fingerprint density at radius 1 is 0.792 bits per heavy atom. The SMILES string of the molecule is CC[C@H]1CC[C@H]2C3=CC=C4CC(OC(CO[Si](C)(C)C(C)(C)C)C(=O)N(C)C)CC(OC(CO[Si](C)(C)C(C)(C)C)C(=O)N(C)C)[C@]4(C)[C@H]3CC[C@]12C. The van der Waals surface area contributed by atoms with Gasteiger partial charge in [0.15, 0.2) is 28.8 Å². The van der Waals surface area contributed by atoms with Crippen LogP contribution in [0.1, 0.15) is 107 Å². The first-order valence-electron chi connectivity index (χ1n) is 20.6. The molecule has 8 nitrogen and oxygen atoms in total. The zero-order valence-electron chi connectivity index (χ0n) is 36.9. The molecule has 0 aromatic heterocycles. The van der Waals surface area contributed by atoms with E-state index in [9.17, 15) is 9.59 Å². The van der Waals surface area contributed by atoms with E-state index in [0.29, 0.717) is 23.7 Å². The van der Waals surface area contributed by atoms with Crippen LogP contribution in [0.4, 0.5) is 0 Å². The molecule has 4 aliphatic rings. The molecule has 3 saturated carbocycles. The highest BCUT2D eigenvalue weighted by molar-refractivity contribution is 6.74. The van der Waals surface area contributed by atoms with E-state index in [0.717, 1.165) is 18.8 Å². The summed E-state index contributed by atoms with van der Waals surface area (Å²) in [5.41, 5.74) is 2.92. The molecule has 0 N–H and O–H groups in total. The van der Waals surface area contributed by atoms with Crippen molar-refractivity contribution in [1.29, 1.82) is 0 Å². The average Bonchev–Trinajstić information content (AvgIpc) is 3.39. The second-order valence-corrected chi connectivity index (χ2v) is 30.5. The number of likely N-dealkylation sites (N-methyl/N-ethyl adjacent to an activating group) is 2. The van der Waals surface area contributed by atoms with Gasteiger partial charge in [0.1, 0.15) is 0 Å². The molecule has 0 spiro atoms. The van der Waals surface area contributed by atoms with Gasteiger partial charge in [-0.05, 0) is 91.5 Å². The summed E-state index contributed by atoms with van der Waals surface area (Å²) in [7, 11) is 2.86. The molecule has 0 aromatic carbocycles. The van der Waals surface area contributed by atoms with E-state index in [-0.39, 0.29) is 52.7 Å². The van der Waals surface area contributed by atoms with Gasteiger partial charge in [-0.25, -0.2) is 0 Å². The molecular formula is C43H78N2O6Si2. The number of hydrogen-bond acceptors (Lipinski definition) is 6. The van der Waals surface area contributed by atoms with Gasteiger partial charge in [0, 0.05) is 40.0 Å². The first kappa shape index (κ1) is 44.4. The van der Waals surface area contributed by atoms with Crippen molar-refractivity contribution in [1.82, 2.24) is 9.80 Å². The highest BCUT2D eigenvalue weighted by Crippen LogP contribution is 2.66. The average molecular weight is 775 g/mol. The number of hydrogen-bond donors (Lipinski definition) is 0. The smallest absolute Gasteiger partial charge is 0.253 e. The number of carbonyl (C=O) groups is 2. The third-order valence-corrected chi connectivity index (χ3v) is 24.2. The number of amides is 2. The highest BCUT2D eigenvalue weighted by Gasteiger charge is 2.59. The quantitative estimate of drug-likeness (QED) is 0.174. The number of carbonyl (C=O) groups excluding carboxylic acids is 2. The Balaban J connectivity index is 1.74. The van der Waals surface area contributed by atoms with Gasteiger partial charge in [0.25, 0.3) is 11.8 Å². The van der Waals surface area contributed by atoms with E-state index in [2.05, 4.69) is 101 Å². The van der Waals surface area contributed by atoms with Crippen LogP contribution >= 0.6 is 0 Å². The van der Waals surface area contributed by atoms with Crippen LogP contribution in [0, 0.1) is 28.6 Å². The van der Waals surface area contributed by atoms with Crippen molar-refractivity contribution >= 4 is 28.4 Å². The molecule has 4 rings (SSSR count). The molecule has 4 unspecified atom stereocenters. The van der Waals surface area contributed by atoms with Gasteiger partial charge in [-0.1, -0.05) is 92.0 Å². The Labute approximate surface area is 326 Å². The maximum Gasteiger partial charge on any atom is 0.253 e. The maximum atomic E-state index is 14.0. The lowest BCUT2D eigenvalue weighted by atomic mass is 9.49. The summed E-state index contributed by atoms with van der Waals surface area (Å²) >= 11 is 0. The molecule has 0 saturated heterocycles. The van der Waals surface area contributed by atoms with E-state index < -0.39 is 28.8 Å². The molecule has 0 aromatic rings. The summed E-state index contributed by atoms with van der Waals surface area (Å²) in [5, 5.41) is 0.00848. The van der Waals surface area contributed by atoms with Crippen LogP contribution in [0.5, 0.6) is 0 Å². The van der Waals surface area contributed by atoms with Gasteiger partial charge < -0.3 is 28.1 Å². The van der Waals surface area contributed by atoms with Gasteiger partial charge in [-0.15, -0.1) is 0 Å². The van der Waals surface area contributed by atoms with Crippen molar-refractivity contribution in [3.05, 3.63) is 23.3 Å². The molecule has 4 aliphatic carbocycles. The molecule has 3 fully saturated rings. The molecule has 0 radical (unpaired) electrons. The third-order valence-electron chi connectivity index (χ3n) is 15.2. The monoisotopic (exact) mass is 775 g/mol. The molecule has 10 heteroatoms. The topological polar surface area (TPSA) is 77.5 Å². The fourth-order valence-corrected chi connectivity index (χ4v) is 11.4. The molecule has 304 valence electrons. The lowest BCUT2D eigenvalue weighted by molar-refractivity contribution is -0.173. The molecule has 53 heavy (non-hydrogen) atoms. The Bertz CT molecular complexity index is 1390. The molecular weight excluding hydrogens is 697 g/mol. The van der Waals surface area contributed by atoms with Crippen LogP contribution in [0.15, 0.2) is 23.3 Å². The third kappa shape index (κ3) is 8.83. The molecule has 9 atom stereocenters. The van der Waals surface area contributed by atoms with Gasteiger partial charge >= 0.3 is 0 Å². The largest absolute Gasteiger partial charge is 0.414 e. The summed E-state index contributed by atoms with van der Waals surface area (Å²) < 4.78 is 27.5. The molecule has 0 aliphatic heterocycles. The molecule has 0 heterocycles. The lowest BCUT2D eigenvalue weighted by Crippen LogP contribution is -2.56. The number of rotatable bonds is 13. The Hall–Kier alpha value is -1.31. The van der Waals surface area contributed by atoms with E-state index >= 15 is 0 Å². The zero-order chi connectivity index (χ0) is 40.1. The maximum absolute atomic E-state index is 14.0. The number of nitrogens with zero attached hydrogens (tertiary/aromatic N) is 2. The van der Waals surface area contributed by atoms with Crippen molar-refractivity contribution in [2.45, 2.75) is 168 Å². The Morgan fingerprint density at radius 2 is 1.30 bits per heavy atom. The number of ether oxygens (including phenoxy) is 2. The Kier molecular flexibility index (Phi) is 13.3. The van der Waals surface area contributed by atoms with Crippen molar-refractivity contribution in [3.8, 4) is 0 Å². The first-order valence-corrected chi connectivity index (χ1v) is 26.4. The summed E-state index contributed by atoms with van der Waals surface area (Å²) in [6.45, 7) is 30.0. The van der Waals surface area contributed by atoms with Gasteiger partial charge in [0.05, 0.1) is 25.4 Å². The summed E-state index contributed by atoms with van der Waals surface area (Å²) in [6, 6.07) is 0. The minimum atomic E-state index is -2.17. The standard InChI is InChI=1S/C43H78N2O6Si2/c1-18-29-20-22-33-32-21-19-30-25-31(50-35(38(46)44(10)11)27-48-52(14,15)40(2,3)4)26-37(43(30,9)34(32)23-24-42(29,33)8)51-36(39(47)45(12)13)28-49-53(16,17)41(5,6)7/h19,21,29,31,33-37H,18,20,22-28H2,1-17H3/t29-,31?,33-,34-,35?,36?,37?,42+,43-/m0/s1. The lowest BCUT2D eigenvalue weighted by Gasteiger charge is -2.57. The van der Waals surface area contributed by atoms with Crippen LogP contribution in [0.3, 0.4) is 0 Å². The minimum absolute atomic E-state index is 0.000289.